The van der Waals surface area contributed by atoms with Crippen LogP contribution in [0, 0.1) is 0 Å². The maximum Gasteiger partial charge on any atom is 0.324 e. The molecule has 1 saturated heterocycles. The van der Waals surface area contributed by atoms with Crippen LogP contribution in [0.15, 0.2) is 23.0 Å². The van der Waals surface area contributed by atoms with E-state index in [4.69, 9.17) is 4.42 Å². The minimum Gasteiger partial charge on any atom is -0.472 e. The van der Waals surface area contributed by atoms with Crippen LogP contribution in [-0.4, -0.2) is 23.4 Å². The highest BCUT2D eigenvalue weighted by molar-refractivity contribution is 6.01. The lowest BCUT2D eigenvalue weighted by molar-refractivity contribution is -0.125. The van der Waals surface area contributed by atoms with Gasteiger partial charge in [-0.15, -0.1) is 0 Å². The summed E-state index contributed by atoms with van der Waals surface area (Å²) in [5, 5.41) is 2.44. The van der Waals surface area contributed by atoms with Gasteiger partial charge in [0.05, 0.1) is 25.6 Å². The highest BCUT2D eigenvalue weighted by Gasteiger charge is 2.28. The van der Waals surface area contributed by atoms with Gasteiger partial charge < -0.3 is 9.73 Å². The quantitative estimate of drug-likeness (QED) is 0.667. The maximum absolute atomic E-state index is 11.1. The van der Waals surface area contributed by atoms with Gasteiger partial charge in [-0.1, -0.05) is 0 Å². The highest BCUT2D eigenvalue weighted by atomic mass is 16.3. The van der Waals surface area contributed by atoms with Gasteiger partial charge in [-0.3, -0.25) is 9.69 Å². The van der Waals surface area contributed by atoms with E-state index in [9.17, 15) is 9.59 Å². The van der Waals surface area contributed by atoms with E-state index in [0.717, 1.165) is 10.5 Å². The van der Waals surface area contributed by atoms with Crippen LogP contribution in [0.1, 0.15) is 5.56 Å². The summed E-state index contributed by atoms with van der Waals surface area (Å²) >= 11 is 0. The molecule has 5 heteroatoms. The van der Waals surface area contributed by atoms with E-state index >= 15 is 0 Å². The number of carbonyl (C=O) groups excluding carboxylic acids is 2. The normalized spacial score (nSPS) is 16.5. The first kappa shape index (κ1) is 7.85. The van der Waals surface area contributed by atoms with E-state index in [2.05, 4.69) is 5.32 Å². The fourth-order valence-corrected chi connectivity index (χ4v) is 1.18. The van der Waals surface area contributed by atoms with Crippen LogP contribution in [0.25, 0.3) is 0 Å². The molecule has 3 amide bonds. The number of amides is 3. The topological polar surface area (TPSA) is 62.6 Å². The van der Waals surface area contributed by atoms with Crippen LogP contribution in [0.4, 0.5) is 4.79 Å². The molecule has 0 unspecified atom stereocenters. The summed E-state index contributed by atoms with van der Waals surface area (Å²) < 4.78 is 4.83. The summed E-state index contributed by atoms with van der Waals surface area (Å²) in [5.41, 5.74) is 0.811. The highest BCUT2D eigenvalue weighted by Crippen LogP contribution is 2.08. The minimum atomic E-state index is -0.341. The van der Waals surface area contributed by atoms with E-state index in [1.807, 2.05) is 0 Å². The molecule has 0 spiro atoms. The molecule has 5 nitrogen and oxygen atoms in total. The van der Waals surface area contributed by atoms with Crippen molar-refractivity contribution in [1.82, 2.24) is 10.2 Å². The van der Waals surface area contributed by atoms with Crippen molar-refractivity contribution in [2.45, 2.75) is 6.54 Å². The molecular formula is C8H8N2O3. The Hall–Kier alpha value is -1.78. The van der Waals surface area contributed by atoms with E-state index in [1.54, 1.807) is 6.07 Å². The van der Waals surface area contributed by atoms with Gasteiger partial charge in [0.15, 0.2) is 0 Å². The second kappa shape index (κ2) is 2.93. The average Bonchev–Trinajstić information content (AvgIpc) is 2.70. The number of carbonyl (C=O) groups is 2. The largest absolute Gasteiger partial charge is 0.472 e. The first-order valence-corrected chi connectivity index (χ1v) is 3.86. The molecule has 13 heavy (non-hydrogen) atoms. The SMILES string of the molecule is O=C1CNC(=O)N1Cc1ccoc1. The molecular weight excluding hydrogens is 172 g/mol. The van der Waals surface area contributed by atoms with Crippen LogP contribution >= 0.6 is 0 Å². The Balaban J connectivity index is 2.09. The first-order valence-electron chi connectivity index (χ1n) is 3.86. The molecule has 1 aromatic rings. The smallest absolute Gasteiger partial charge is 0.324 e. The van der Waals surface area contributed by atoms with Crippen molar-refractivity contribution in [3.8, 4) is 0 Å². The molecule has 2 rings (SSSR count). The van der Waals surface area contributed by atoms with Crippen LogP contribution in [0.2, 0.25) is 0 Å². The average molecular weight is 180 g/mol. The molecule has 0 atom stereocenters. The summed E-state index contributed by atoms with van der Waals surface area (Å²) in [6.45, 7) is 0.373. The third-order valence-corrected chi connectivity index (χ3v) is 1.86. The summed E-state index contributed by atoms with van der Waals surface area (Å²) in [7, 11) is 0. The number of nitrogens with one attached hydrogen (secondary N) is 1. The Morgan fingerprint density at radius 2 is 2.38 bits per heavy atom. The zero-order chi connectivity index (χ0) is 9.26. The Morgan fingerprint density at radius 1 is 1.54 bits per heavy atom. The second-order valence-electron chi connectivity index (χ2n) is 2.77. The molecule has 1 N–H and O–H groups in total. The fraction of sp³-hybridized carbons (Fsp3) is 0.250. The van der Waals surface area contributed by atoms with Crippen LogP contribution in [-0.2, 0) is 11.3 Å². The van der Waals surface area contributed by atoms with Crippen molar-refractivity contribution in [3.63, 3.8) is 0 Å². The first-order chi connectivity index (χ1) is 6.27. The fourth-order valence-electron chi connectivity index (χ4n) is 1.18. The number of hydrogen-bond acceptors (Lipinski definition) is 3. The lowest BCUT2D eigenvalue weighted by Gasteiger charge is -2.09. The standard InChI is InChI=1S/C8H8N2O3/c11-7-3-9-8(12)10(7)4-6-1-2-13-5-6/h1-2,5H,3-4H2,(H,9,12). The Kier molecular flexibility index (Phi) is 1.77. The molecule has 2 heterocycles. The number of urea groups is 1. The molecule has 0 saturated carbocycles. The van der Waals surface area contributed by atoms with Crippen molar-refractivity contribution in [3.05, 3.63) is 24.2 Å². The third kappa shape index (κ3) is 1.40. The van der Waals surface area contributed by atoms with Crippen LogP contribution in [0.3, 0.4) is 0 Å². The van der Waals surface area contributed by atoms with Crippen LogP contribution in [0.5, 0.6) is 0 Å². The molecule has 1 aliphatic rings. The molecule has 1 aromatic heterocycles. The number of hydrogen-bond donors (Lipinski definition) is 1. The molecule has 1 aliphatic heterocycles. The van der Waals surface area contributed by atoms with Crippen LogP contribution < -0.4 is 5.32 Å². The number of nitrogens with zero attached hydrogens (tertiary/aromatic N) is 1. The Morgan fingerprint density at radius 3 is 2.92 bits per heavy atom. The summed E-state index contributed by atoms with van der Waals surface area (Å²) in [5.74, 6) is -0.203. The van der Waals surface area contributed by atoms with Gasteiger partial charge in [-0.2, -0.15) is 0 Å². The predicted molar refractivity (Wildman–Crippen MR) is 42.7 cm³/mol. The minimum absolute atomic E-state index is 0.0939. The lowest BCUT2D eigenvalue weighted by Crippen LogP contribution is -2.30. The van der Waals surface area contributed by atoms with Gasteiger partial charge in [0.2, 0.25) is 5.91 Å². The molecule has 0 radical (unpaired) electrons. The number of rotatable bonds is 2. The van der Waals surface area contributed by atoms with Gasteiger partial charge in [0.25, 0.3) is 0 Å². The predicted octanol–water partition coefficient (Wildman–Crippen LogP) is 0.331. The number of imide groups is 1. The maximum atomic E-state index is 11.1. The van der Waals surface area contributed by atoms with Gasteiger partial charge >= 0.3 is 6.03 Å². The third-order valence-electron chi connectivity index (χ3n) is 1.86. The summed E-state index contributed by atoms with van der Waals surface area (Å²) in [6, 6.07) is 1.38. The molecule has 1 fully saturated rings. The zero-order valence-electron chi connectivity index (χ0n) is 6.82. The Bertz CT molecular complexity index is 315. The van der Waals surface area contributed by atoms with Crippen molar-refractivity contribution in [2.75, 3.05) is 6.54 Å². The van der Waals surface area contributed by atoms with E-state index in [-0.39, 0.29) is 25.0 Å². The van der Waals surface area contributed by atoms with Gasteiger partial charge in [0.1, 0.15) is 0 Å². The lowest BCUT2D eigenvalue weighted by atomic mass is 10.3. The zero-order valence-corrected chi connectivity index (χ0v) is 6.82. The van der Waals surface area contributed by atoms with Crippen molar-refractivity contribution >= 4 is 11.9 Å². The van der Waals surface area contributed by atoms with Crippen molar-refractivity contribution < 1.29 is 14.0 Å². The monoisotopic (exact) mass is 180 g/mol. The van der Waals surface area contributed by atoms with E-state index in [0.29, 0.717) is 0 Å². The van der Waals surface area contributed by atoms with Gasteiger partial charge in [-0.05, 0) is 6.07 Å². The van der Waals surface area contributed by atoms with Gasteiger partial charge in [0, 0.05) is 5.56 Å². The van der Waals surface area contributed by atoms with E-state index in [1.165, 1.54) is 12.5 Å². The van der Waals surface area contributed by atoms with Crippen molar-refractivity contribution in [2.24, 2.45) is 0 Å². The molecule has 68 valence electrons. The molecule has 0 bridgehead atoms. The second-order valence-corrected chi connectivity index (χ2v) is 2.77. The Labute approximate surface area is 74.3 Å². The molecule has 0 aromatic carbocycles. The number of furan rings is 1. The van der Waals surface area contributed by atoms with Gasteiger partial charge in [-0.25, -0.2) is 4.79 Å². The summed E-state index contributed by atoms with van der Waals surface area (Å²) in [6.07, 6.45) is 3.02. The van der Waals surface area contributed by atoms with Crippen molar-refractivity contribution in [1.29, 1.82) is 0 Å². The molecule has 0 aliphatic carbocycles. The van der Waals surface area contributed by atoms with E-state index < -0.39 is 0 Å². The summed E-state index contributed by atoms with van der Waals surface area (Å²) in [4.78, 5) is 23.4.